The molecule has 6 heteroatoms. The molecule has 0 aliphatic rings. The van der Waals surface area contributed by atoms with Crippen LogP contribution >= 0.6 is 23.1 Å². The second-order valence-electron chi connectivity index (χ2n) is 6.77. The molecule has 1 amide bonds. The Hall–Kier alpha value is -2.83. The number of carbonyl (C=O) groups is 1. The van der Waals surface area contributed by atoms with Crippen molar-refractivity contribution in [3.8, 4) is 16.9 Å². The van der Waals surface area contributed by atoms with E-state index in [-0.39, 0.29) is 0 Å². The van der Waals surface area contributed by atoms with Gasteiger partial charge >= 0.3 is 0 Å². The molecule has 1 aromatic heterocycles. The van der Waals surface area contributed by atoms with E-state index in [1.807, 2.05) is 31.2 Å². The molecule has 0 fully saturated rings. The highest BCUT2D eigenvalue weighted by molar-refractivity contribution is 8.17. The van der Waals surface area contributed by atoms with Crippen molar-refractivity contribution in [3.63, 3.8) is 0 Å². The van der Waals surface area contributed by atoms with E-state index in [2.05, 4.69) is 53.7 Å². The van der Waals surface area contributed by atoms with Crippen molar-refractivity contribution < 1.29 is 9.53 Å². The first-order chi connectivity index (χ1) is 14.5. The fourth-order valence-corrected chi connectivity index (χ4v) is 4.48. The van der Waals surface area contributed by atoms with E-state index in [1.165, 1.54) is 33.4 Å². The van der Waals surface area contributed by atoms with Crippen LogP contribution in [0.25, 0.3) is 17.2 Å². The second-order valence-corrected chi connectivity index (χ2v) is 8.93. The van der Waals surface area contributed by atoms with Crippen LogP contribution in [0.15, 0.2) is 69.9 Å². The van der Waals surface area contributed by atoms with Gasteiger partial charge in [-0.05, 0) is 71.7 Å². The summed E-state index contributed by atoms with van der Waals surface area (Å²) in [5, 5.41) is 2.78. The van der Waals surface area contributed by atoms with Gasteiger partial charge in [-0.25, -0.2) is 4.99 Å². The van der Waals surface area contributed by atoms with Crippen molar-refractivity contribution >= 4 is 46.4 Å². The highest BCUT2D eigenvalue weighted by atomic mass is 32.2. The number of amides is 1. The zero-order valence-electron chi connectivity index (χ0n) is 17.5. The summed E-state index contributed by atoms with van der Waals surface area (Å²) < 4.78 is 5.19. The van der Waals surface area contributed by atoms with Crippen LogP contribution in [-0.4, -0.2) is 30.6 Å². The molecule has 0 spiro atoms. The van der Waals surface area contributed by atoms with Crippen molar-refractivity contribution in [1.29, 1.82) is 0 Å². The number of thioether (sulfide) groups is 1. The SMILES string of the molecule is COc1ccc(N=C(S/C(C)=C\c2cc(-c3ccc(C)cc3)cs2)N(C)C=O)cc1. The number of amidine groups is 1. The summed E-state index contributed by atoms with van der Waals surface area (Å²) in [5.74, 6) is 0.769. The molecule has 0 aliphatic carbocycles. The summed E-state index contributed by atoms with van der Waals surface area (Å²) >= 11 is 3.16. The molecule has 0 N–H and O–H groups in total. The third-order valence-electron chi connectivity index (χ3n) is 4.36. The van der Waals surface area contributed by atoms with E-state index >= 15 is 0 Å². The fourth-order valence-electron chi connectivity index (χ4n) is 2.69. The van der Waals surface area contributed by atoms with Gasteiger partial charge in [0, 0.05) is 11.9 Å². The lowest BCUT2D eigenvalue weighted by atomic mass is 10.1. The van der Waals surface area contributed by atoms with Crippen LogP contribution in [0.5, 0.6) is 5.75 Å². The Morgan fingerprint density at radius 3 is 2.43 bits per heavy atom. The van der Waals surface area contributed by atoms with Crippen LogP contribution < -0.4 is 4.74 Å². The first-order valence-electron chi connectivity index (χ1n) is 9.41. The lowest BCUT2D eigenvalue weighted by molar-refractivity contribution is -0.113. The number of hydrogen-bond acceptors (Lipinski definition) is 5. The maximum Gasteiger partial charge on any atom is 0.215 e. The first-order valence-corrected chi connectivity index (χ1v) is 11.1. The molecule has 1 heterocycles. The Bertz CT molecular complexity index is 1050. The third kappa shape index (κ3) is 5.84. The number of hydrogen-bond donors (Lipinski definition) is 0. The van der Waals surface area contributed by atoms with Gasteiger partial charge in [0.25, 0.3) is 0 Å². The van der Waals surface area contributed by atoms with Crippen molar-refractivity contribution in [2.24, 2.45) is 4.99 Å². The zero-order valence-corrected chi connectivity index (χ0v) is 19.1. The lowest BCUT2D eigenvalue weighted by Gasteiger charge is -2.14. The van der Waals surface area contributed by atoms with E-state index in [9.17, 15) is 4.79 Å². The molecule has 0 bridgehead atoms. The van der Waals surface area contributed by atoms with Crippen LogP contribution in [0.4, 0.5) is 5.69 Å². The second kappa shape index (κ2) is 10.3. The van der Waals surface area contributed by atoms with Crippen LogP contribution in [0.2, 0.25) is 0 Å². The third-order valence-corrected chi connectivity index (χ3v) is 6.24. The molecule has 0 radical (unpaired) electrons. The van der Waals surface area contributed by atoms with Gasteiger partial charge in [0.05, 0.1) is 12.8 Å². The van der Waals surface area contributed by atoms with E-state index in [1.54, 1.807) is 25.5 Å². The molecule has 0 atom stereocenters. The Kier molecular flexibility index (Phi) is 7.49. The number of ether oxygens (including phenoxy) is 1. The minimum Gasteiger partial charge on any atom is -0.497 e. The van der Waals surface area contributed by atoms with Gasteiger partial charge in [-0.15, -0.1) is 11.3 Å². The van der Waals surface area contributed by atoms with Crippen molar-refractivity contribution in [2.45, 2.75) is 13.8 Å². The fraction of sp³-hybridized carbons (Fsp3) is 0.167. The average Bonchev–Trinajstić information content (AvgIpc) is 3.22. The molecule has 2 aromatic carbocycles. The van der Waals surface area contributed by atoms with Crippen molar-refractivity contribution in [2.75, 3.05) is 14.2 Å². The molecule has 3 rings (SSSR count). The molecule has 0 saturated carbocycles. The normalized spacial score (nSPS) is 12.0. The Balaban J connectivity index is 1.79. The first kappa shape index (κ1) is 21.9. The van der Waals surface area contributed by atoms with Gasteiger partial charge in [0.2, 0.25) is 6.41 Å². The van der Waals surface area contributed by atoms with E-state index in [0.717, 1.165) is 27.6 Å². The molecule has 3 aromatic rings. The van der Waals surface area contributed by atoms with Crippen LogP contribution in [0.1, 0.15) is 17.4 Å². The van der Waals surface area contributed by atoms with Crippen LogP contribution in [0, 0.1) is 6.92 Å². The van der Waals surface area contributed by atoms with Gasteiger partial charge in [-0.1, -0.05) is 41.6 Å². The van der Waals surface area contributed by atoms with Gasteiger partial charge in [-0.3, -0.25) is 9.69 Å². The molecule has 154 valence electrons. The van der Waals surface area contributed by atoms with Gasteiger partial charge in [0.15, 0.2) is 5.17 Å². The number of carbonyl (C=O) groups excluding carboxylic acids is 1. The summed E-state index contributed by atoms with van der Waals surface area (Å²) in [6, 6.07) is 18.2. The zero-order chi connectivity index (χ0) is 21.5. The minimum atomic E-state index is 0.610. The monoisotopic (exact) mass is 436 g/mol. The van der Waals surface area contributed by atoms with Gasteiger partial charge in [-0.2, -0.15) is 0 Å². The number of aryl methyl sites for hydroxylation is 1. The smallest absolute Gasteiger partial charge is 0.215 e. The Morgan fingerprint density at radius 2 is 1.80 bits per heavy atom. The highest BCUT2D eigenvalue weighted by Gasteiger charge is 2.09. The van der Waals surface area contributed by atoms with E-state index < -0.39 is 0 Å². The summed E-state index contributed by atoms with van der Waals surface area (Å²) in [5.41, 5.74) is 4.44. The highest BCUT2D eigenvalue weighted by Crippen LogP contribution is 2.30. The van der Waals surface area contributed by atoms with E-state index in [0.29, 0.717) is 5.17 Å². The minimum absolute atomic E-state index is 0.610. The molecular weight excluding hydrogens is 412 g/mol. The Labute approximate surface area is 185 Å². The molecule has 0 aliphatic heterocycles. The number of benzene rings is 2. The average molecular weight is 437 g/mol. The summed E-state index contributed by atoms with van der Waals surface area (Å²) in [4.78, 5) is 19.7. The summed E-state index contributed by atoms with van der Waals surface area (Å²) in [7, 11) is 3.33. The number of aliphatic imine (C=N–C) groups is 1. The quantitative estimate of drug-likeness (QED) is 0.248. The number of methoxy groups -OCH3 is 1. The van der Waals surface area contributed by atoms with Crippen molar-refractivity contribution in [3.05, 3.63) is 75.3 Å². The lowest BCUT2D eigenvalue weighted by Crippen LogP contribution is -2.21. The molecular formula is C24H24N2O2S2. The Morgan fingerprint density at radius 1 is 1.10 bits per heavy atom. The summed E-state index contributed by atoms with van der Waals surface area (Å²) in [6.07, 6.45) is 2.89. The number of allylic oxidation sites excluding steroid dienone is 1. The molecule has 0 unspecified atom stereocenters. The molecule has 4 nitrogen and oxygen atoms in total. The molecule has 30 heavy (non-hydrogen) atoms. The van der Waals surface area contributed by atoms with Crippen LogP contribution in [-0.2, 0) is 4.79 Å². The molecule has 0 saturated heterocycles. The maximum absolute atomic E-state index is 11.4. The maximum atomic E-state index is 11.4. The van der Waals surface area contributed by atoms with Gasteiger partial charge < -0.3 is 4.74 Å². The predicted octanol–water partition coefficient (Wildman–Crippen LogP) is 6.60. The summed E-state index contributed by atoms with van der Waals surface area (Å²) in [6.45, 7) is 4.12. The number of thiophene rings is 1. The van der Waals surface area contributed by atoms with Crippen molar-refractivity contribution in [1.82, 2.24) is 4.90 Å². The topological polar surface area (TPSA) is 41.9 Å². The largest absolute Gasteiger partial charge is 0.497 e. The van der Waals surface area contributed by atoms with E-state index in [4.69, 9.17) is 4.74 Å². The predicted molar refractivity (Wildman–Crippen MR) is 130 cm³/mol. The number of rotatable bonds is 6. The number of nitrogens with zero attached hydrogens (tertiary/aromatic N) is 2. The van der Waals surface area contributed by atoms with Crippen LogP contribution in [0.3, 0.4) is 0 Å². The standard InChI is InChI=1S/C24H24N2O2S2/c1-17-5-7-19(8-6-17)20-14-23(29-15-20)13-18(2)30-24(26(3)16-27)25-21-9-11-22(28-4)12-10-21/h5-16H,1-4H3/b18-13-,25-24?. The van der Waals surface area contributed by atoms with Gasteiger partial charge in [0.1, 0.15) is 5.75 Å².